The summed E-state index contributed by atoms with van der Waals surface area (Å²) in [5, 5.41) is 16.7. The van der Waals surface area contributed by atoms with Crippen LogP contribution in [-0.2, 0) is 11.4 Å². The number of amides is 1. The predicted octanol–water partition coefficient (Wildman–Crippen LogP) is 4.41. The molecule has 0 aliphatic heterocycles. The second-order valence-corrected chi connectivity index (χ2v) is 6.90. The molecule has 0 saturated heterocycles. The summed E-state index contributed by atoms with van der Waals surface area (Å²) in [7, 11) is 1.56. The first-order valence-corrected chi connectivity index (χ1v) is 10.0. The highest BCUT2D eigenvalue weighted by atomic mass is 16.6. The van der Waals surface area contributed by atoms with Gasteiger partial charge in [0.05, 0.1) is 12.0 Å². The molecule has 0 spiro atoms. The number of non-ortho nitro benzene ring substituents is 1. The number of ether oxygens (including phenoxy) is 2. The topological polar surface area (TPSA) is 116 Å². The molecule has 0 atom stereocenters. The maximum atomic E-state index is 12.3. The minimum atomic E-state index is -0.442. The van der Waals surface area contributed by atoms with Crippen molar-refractivity contribution in [3.05, 3.63) is 82.7 Å². The zero-order chi connectivity index (χ0) is 22.8. The molecule has 0 saturated carbocycles. The number of nitrogens with one attached hydrogen (secondary N) is 2. The fourth-order valence-electron chi connectivity index (χ4n) is 2.92. The second-order valence-electron chi connectivity index (χ2n) is 6.90. The number of hydrogen-bond acceptors (Lipinski definition) is 7. The lowest BCUT2D eigenvalue weighted by Gasteiger charge is -2.13. The van der Waals surface area contributed by atoms with Crippen molar-refractivity contribution in [2.45, 2.75) is 19.4 Å². The maximum Gasteiger partial charge on any atom is 0.269 e. The number of nitro benzene ring substituents is 1. The minimum Gasteiger partial charge on any atom is -0.493 e. The molecule has 0 bridgehead atoms. The number of benzene rings is 2. The number of aromatic nitrogens is 1. The number of nitro groups is 1. The third kappa shape index (κ3) is 6.69. The summed E-state index contributed by atoms with van der Waals surface area (Å²) in [6, 6.07) is 15.1. The van der Waals surface area contributed by atoms with Crippen molar-refractivity contribution in [3.8, 4) is 11.5 Å². The van der Waals surface area contributed by atoms with E-state index in [-0.39, 0.29) is 11.6 Å². The van der Waals surface area contributed by atoms with Crippen molar-refractivity contribution >= 4 is 23.0 Å². The van der Waals surface area contributed by atoms with Gasteiger partial charge < -0.3 is 20.1 Å². The monoisotopic (exact) mass is 436 g/mol. The molecule has 166 valence electrons. The third-order valence-electron chi connectivity index (χ3n) is 4.55. The first-order chi connectivity index (χ1) is 15.5. The molecule has 0 radical (unpaired) electrons. The van der Waals surface area contributed by atoms with Crippen LogP contribution in [0.5, 0.6) is 11.5 Å². The molecule has 9 heteroatoms. The number of nitrogens with zero attached hydrogens (tertiary/aromatic N) is 2. The Labute approximate surface area is 185 Å². The molecule has 3 rings (SSSR count). The van der Waals surface area contributed by atoms with E-state index in [0.717, 1.165) is 11.3 Å². The summed E-state index contributed by atoms with van der Waals surface area (Å²) < 4.78 is 11.2. The Bertz CT molecular complexity index is 1040. The van der Waals surface area contributed by atoms with E-state index < -0.39 is 4.92 Å². The Kier molecular flexibility index (Phi) is 7.96. The molecule has 0 aliphatic carbocycles. The van der Waals surface area contributed by atoms with Gasteiger partial charge >= 0.3 is 0 Å². The van der Waals surface area contributed by atoms with Gasteiger partial charge in [0.1, 0.15) is 6.61 Å². The van der Waals surface area contributed by atoms with Crippen LogP contribution in [0, 0.1) is 10.1 Å². The summed E-state index contributed by atoms with van der Waals surface area (Å²) in [5.41, 5.74) is 2.34. The van der Waals surface area contributed by atoms with Crippen LogP contribution in [0.2, 0.25) is 0 Å². The minimum absolute atomic E-state index is 0.0400. The molecule has 32 heavy (non-hydrogen) atoms. The molecule has 0 unspecified atom stereocenters. The average molecular weight is 436 g/mol. The fourth-order valence-corrected chi connectivity index (χ4v) is 2.92. The van der Waals surface area contributed by atoms with Crippen molar-refractivity contribution < 1.29 is 19.2 Å². The van der Waals surface area contributed by atoms with Crippen LogP contribution in [0.15, 0.2) is 67.0 Å². The number of carbonyl (C=O) groups is 1. The maximum absolute atomic E-state index is 12.3. The van der Waals surface area contributed by atoms with Crippen LogP contribution in [-0.4, -0.2) is 29.5 Å². The Morgan fingerprint density at radius 3 is 2.56 bits per heavy atom. The summed E-state index contributed by atoms with van der Waals surface area (Å²) in [6.45, 7) is 0.892. The Morgan fingerprint density at radius 2 is 1.88 bits per heavy atom. The third-order valence-corrected chi connectivity index (χ3v) is 4.55. The molecule has 1 amide bonds. The van der Waals surface area contributed by atoms with Crippen molar-refractivity contribution in [1.82, 2.24) is 4.98 Å². The van der Waals surface area contributed by atoms with E-state index in [1.165, 1.54) is 12.1 Å². The Hall–Kier alpha value is -4.14. The van der Waals surface area contributed by atoms with E-state index in [2.05, 4.69) is 15.6 Å². The lowest BCUT2D eigenvalue weighted by atomic mass is 10.2. The fraction of sp³-hybridized carbons (Fsp3) is 0.217. The van der Waals surface area contributed by atoms with Crippen LogP contribution in [0.1, 0.15) is 18.4 Å². The average Bonchev–Trinajstić information content (AvgIpc) is 2.81. The van der Waals surface area contributed by atoms with E-state index in [4.69, 9.17) is 9.47 Å². The summed E-state index contributed by atoms with van der Waals surface area (Å²) in [4.78, 5) is 26.6. The van der Waals surface area contributed by atoms with E-state index in [9.17, 15) is 14.9 Å². The van der Waals surface area contributed by atoms with Gasteiger partial charge in [0.15, 0.2) is 11.5 Å². The predicted molar refractivity (Wildman–Crippen MR) is 121 cm³/mol. The van der Waals surface area contributed by atoms with Gasteiger partial charge in [-0.3, -0.25) is 19.9 Å². The summed E-state index contributed by atoms with van der Waals surface area (Å²) in [6.07, 6.45) is 4.34. The molecular weight excluding hydrogens is 412 g/mol. The number of rotatable bonds is 11. The van der Waals surface area contributed by atoms with Crippen LogP contribution in [0.25, 0.3) is 0 Å². The molecule has 9 nitrogen and oxygen atoms in total. The van der Waals surface area contributed by atoms with Gasteiger partial charge in [0.2, 0.25) is 5.91 Å². The number of hydrogen-bond donors (Lipinski definition) is 2. The van der Waals surface area contributed by atoms with Crippen LogP contribution >= 0.6 is 0 Å². The van der Waals surface area contributed by atoms with Gasteiger partial charge in [0.25, 0.3) is 5.69 Å². The van der Waals surface area contributed by atoms with Gasteiger partial charge in [-0.2, -0.15) is 0 Å². The molecule has 2 N–H and O–H groups in total. The van der Waals surface area contributed by atoms with E-state index in [0.29, 0.717) is 43.2 Å². The number of methoxy groups -OCH3 is 1. The van der Waals surface area contributed by atoms with Gasteiger partial charge in [-0.25, -0.2) is 0 Å². The molecule has 3 aromatic rings. The quantitative estimate of drug-likeness (QED) is 0.260. The summed E-state index contributed by atoms with van der Waals surface area (Å²) >= 11 is 0. The molecule has 1 aromatic heterocycles. The highest BCUT2D eigenvalue weighted by molar-refractivity contribution is 5.91. The molecule has 0 aliphatic rings. The number of carbonyl (C=O) groups excluding carboxylic acids is 1. The van der Waals surface area contributed by atoms with Gasteiger partial charge in [-0.15, -0.1) is 0 Å². The van der Waals surface area contributed by atoms with E-state index >= 15 is 0 Å². The van der Waals surface area contributed by atoms with Gasteiger partial charge in [-0.05, 0) is 36.8 Å². The molecule has 0 fully saturated rings. The van der Waals surface area contributed by atoms with Crippen molar-refractivity contribution in [2.75, 3.05) is 24.3 Å². The van der Waals surface area contributed by atoms with Crippen LogP contribution in [0.3, 0.4) is 0 Å². The highest BCUT2D eigenvalue weighted by Gasteiger charge is 2.09. The number of pyridine rings is 1. The standard InChI is InChI=1S/C23H24N4O5/c1-31-21-11-8-19(14-22(21)32-16-17-4-2-12-24-15-17)26-23(28)5-3-13-25-18-6-9-20(10-7-18)27(29)30/h2,4,6-12,14-15,25H,3,5,13,16H2,1H3,(H,26,28). The Balaban J connectivity index is 1.47. The highest BCUT2D eigenvalue weighted by Crippen LogP contribution is 2.31. The number of anilines is 2. The van der Waals surface area contributed by atoms with Crippen molar-refractivity contribution in [1.29, 1.82) is 0 Å². The largest absolute Gasteiger partial charge is 0.493 e. The van der Waals surface area contributed by atoms with Crippen LogP contribution in [0.4, 0.5) is 17.1 Å². The molecular formula is C23H24N4O5. The Morgan fingerprint density at radius 1 is 1.09 bits per heavy atom. The van der Waals surface area contributed by atoms with E-state index in [1.807, 2.05) is 12.1 Å². The molecule has 2 aromatic carbocycles. The van der Waals surface area contributed by atoms with Crippen molar-refractivity contribution in [3.63, 3.8) is 0 Å². The lowest BCUT2D eigenvalue weighted by Crippen LogP contribution is -2.13. The lowest BCUT2D eigenvalue weighted by molar-refractivity contribution is -0.384. The second kappa shape index (κ2) is 11.3. The smallest absolute Gasteiger partial charge is 0.269 e. The van der Waals surface area contributed by atoms with E-state index in [1.54, 1.807) is 49.8 Å². The normalized spacial score (nSPS) is 10.3. The first-order valence-electron chi connectivity index (χ1n) is 10.0. The van der Waals surface area contributed by atoms with Gasteiger partial charge in [0, 0.05) is 60.5 Å². The van der Waals surface area contributed by atoms with Gasteiger partial charge in [-0.1, -0.05) is 6.07 Å². The zero-order valence-corrected chi connectivity index (χ0v) is 17.6. The molecule has 1 heterocycles. The summed E-state index contributed by atoms with van der Waals surface area (Å²) in [5.74, 6) is 0.965. The van der Waals surface area contributed by atoms with Crippen molar-refractivity contribution in [2.24, 2.45) is 0 Å². The SMILES string of the molecule is COc1ccc(NC(=O)CCCNc2ccc([N+](=O)[O-])cc2)cc1OCc1cccnc1. The zero-order valence-electron chi connectivity index (χ0n) is 17.6. The first kappa shape index (κ1) is 22.5. The van der Waals surface area contributed by atoms with Crippen LogP contribution < -0.4 is 20.1 Å².